The van der Waals surface area contributed by atoms with Crippen LogP contribution in [0, 0.1) is 5.41 Å². The van der Waals surface area contributed by atoms with Crippen LogP contribution in [0.3, 0.4) is 0 Å². The zero-order valence-corrected chi connectivity index (χ0v) is 37.6. The van der Waals surface area contributed by atoms with Crippen molar-refractivity contribution in [2.24, 2.45) is 5.41 Å². The molecule has 0 aliphatic rings. The Balaban J connectivity index is 2.50. The third-order valence-corrected chi connectivity index (χ3v) is 11.9. The minimum atomic E-state index is 0.159. The molecule has 0 radical (unpaired) electrons. The van der Waals surface area contributed by atoms with Crippen molar-refractivity contribution < 1.29 is 0 Å². The molecule has 1 aromatic rings. The summed E-state index contributed by atoms with van der Waals surface area (Å²) in [5, 5.41) is 9.56. The number of rotatable bonds is 37. The lowest BCUT2D eigenvalue weighted by Crippen LogP contribution is -2.43. The van der Waals surface area contributed by atoms with Crippen molar-refractivity contribution in [1.29, 1.82) is 0 Å². The van der Waals surface area contributed by atoms with Crippen molar-refractivity contribution in [3.8, 4) is 0 Å². The fourth-order valence-electron chi connectivity index (χ4n) is 7.67. The van der Waals surface area contributed by atoms with Gasteiger partial charge < -0.3 is 4.90 Å². The first kappa shape index (κ1) is 50.1. The van der Waals surface area contributed by atoms with Gasteiger partial charge in [-0.25, -0.2) is 4.68 Å². The predicted molar refractivity (Wildman–Crippen MR) is 241 cm³/mol. The molecule has 0 saturated carbocycles. The second kappa shape index (κ2) is 33.2. The van der Waals surface area contributed by atoms with Crippen LogP contribution in [0.2, 0.25) is 0 Å². The Morgan fingerprint density at radius 2 is 0.981 bits per heavy atom. The Bertz CT molecular complexity index is 1040. The number of nitrogens with zero attached hydrogens (tertiary/aromatic N) is 4. The predicted octanol–water partition coefficient (Wildman–Crippen LogP) is 15.9. The lowest BCUT2D eigenvalue weighted by Gasteiger charge is -2.41. The van der Waals surface area contributed by atoms with E-state index in [4.69, 9.17) is 10.3 Å². The summed E-state index contributed by atoms with van der Waals surface area (Å²) >= 11 is 0. The number of hydrogen-bond acceptors (Lipinski definition) is 3. The van der Waals surface area contributed by atoms with Crippen molar-refractivity contribution in [2.45, 2.75) is 239 Å². The Morgan fingerprint density at radius 1 is 0.574 bits per heavy atom. The second-order valence-corrected chi connectivity index (χ2v) is 17.8. The molecule has 1 rings (SSSR count). The van der Waals surface area contributed by atoms with E-state index in [9.17, 15) is 0 Å². The molecule has 0 aliphatic carbocycles. The second-order valence-electron chi connectivity index (χ2n) is 17.8. The summed E-state index contributed by atoms with van der Waals surface area (Å²) in [6.07, 6.45) is 58.3. The maximum absolute atomic E-state index is 4.79. The summed E-state index contributed by atoms with van der Waals surface area (Å²) in [7, 11) is 4.41. The summed E-state index contributed by atoms with van der Waals surface area (Å²) < 4.78 is 2.27. The van der Waals surface area contributed by atoms with Crippen molar-refractivity contribution >= 4 is 0 Å². The van der Waals surface area contributed by atoms with Crippen LogP contribution in [0.4, 0.5) is 0 Å². The molecule has 0 bridgehead atoms. The van der Waals surface area contributed by atoms with Gasteiger partial charge in [-0.15, -0.1) is 5.10 Å². The highest BCUT2D eigenvalue weighted by molar-refractivity contribution is 5.01. The van der Waals surface area contributed by atoms with Gasteiger partial charge in [0.05, 0.1) is 11.7 Å². The maximum Gasteiger partial charge on any atom is 0.0832 e. The Morgan fingerprint density at radius 3 is 1.39 bits per heavy atom. The van der Waals surface area contributed by atoms with Crippen molar-refractivity contribution in [3.05, 3.63) is 60.5 Å². The fraction of sp³-hybridized carbons (Fsp3) is 0.800. The Kier molecular flexibility index (Phi) is 30.8. The van der Waals surface area contributed by atoms with E-state index in [2.05, 4.69) is 120 Å². The molecule has 0 aliphatic heterocycles. The fourth-order valence-corrected chi connectivity index (χ4v) is 7.67. The number of unbranched alkanes of at least 4 members (excludes halogenated alkanes) is 18. The van der Waals surface area contributed by atoms with Gasteiger partial charge in [0.15, 0.2) is 0 Å². The summed E-state index contributed by atoms with van der Waals surface area (Å²) in [5.41, 5.74) is 1.55. The Hall–Kier alpha value is -1.94. The molecule has 4 heteroatoms. The third kappa shape index (κ3) is 26.8. The molecule has 0 amide bonds. The van der Waals surface area contributed by atoms with Crippen LogP contribution in [0.5, 0.6) is 0 Å². The standard InChI is InChI=1S/C50H92N4/c1-9-12-14-16-18-20-22-24-26-28-30-32-34-36-38-40-42-48(43-41-39-37-35-33-31-29-27-25-23-21-19-17-15-13-10-2)54-45-47(51-52-54)44-50(6,11-3)46-49(4,5)53(7)8/h18-21,24-27,45,48H,9-17,22-23,28-44,46H2,1-8H3. The van der Waals surface area contributed by atoms with Crippen LogP contribution in [0.25, 0.3) is 0 Å². The van der Waals surface area contributed by atoms with Gasteiger partial charge in [0, 0.05) is 11.7 Å². The smallest absolute Gasteiger partial charge is 0.0832 e. The number of aromatic nitrogens is 3. The zero-order chi connectivity index (χ0) is 39.6. The summed E-state index contributed by atoms with van der Waals surface area (Å²) in [6.45, 7) is 14.1. The number of hydrogen-bond donors (Lipinski definition) is 0. The molecular weight excluding hydrogens is 657 g/mol. The third-order valence-electron chi connectivity index (χ3n) is 11.9. The molecule has 0 spiro atoms. The van der Waals surface area contributed by atoms with E-state index in [0.29, 0.717) is 6.04 Å². The molecule has 4 nitrogen and oxygen atoms in total. The van der Waals surface area contributed by atoms with Gasteiger partial charge in [0.2, 0.25) is 0 Å². The van der Waals surface area contributed by atoms with Gasteiger partial charge in [-0.1, -0.05) is 178 Å². The average Bonchev–Trinajstić information content (AvgIpc) is 3.60. The van der Waals surface area contributed by atoms with E-state index in [1.165, 1.54) is 160 Å². The van der Waals surface area contributed by atoms with Gasteiger partial charge in [0.1, 0.15) is 0 Å². The minimum absolute atomic E-state index is 0.159. The average molecular weight is 749 g/mol. The molecule has 1 aromatic heterocycles. The SMILES string of the molecule is CCCCCC=CCC=CCCCCCCCCC(CCCCCCCCC=CCC=CCCCCC)n1cc(CC(C)(CC)CC(C)(C)N(C)C)nn1. The van der Waals surface area contributed by atoms with Crippen molar-refractivity contribution in [2.75, 3.05) is 14.1 Å². The molecule has 1 unspecified atom stereocenters. The van der Waals surface area contributed by atoms with E-state index in [1.54, 1.807) is 0 Å². The molecule has 1 heterocycles. The molecule has 1 atom stereocenters. The van der Waals surface area contributed by atoms with Crippen molar-refractivity contribution in [1.82, 2.24) is 19.9 Å². The molecule has 0 fully saturated rings. The van der Waals surface area contributed by atoms with Gasteiger partial charge >= 0.3 is 0 Å². The van der Waals surface area contributed by atoms with E-state index in [-0.39, 0.29) is 11.0 Å². The van der Waals surface area contributed by atoms with E-state index in [1.807, 2.05) is 0 Å². The van der Waals surface area contributed by atoms with Crippen LogP contribution < -0.4 is 0 Å². The first-order valence-corrected chi connectivity index (χ1v) is 23.4. The maximum atomic E-state index is 4.79. The summed E-state index contributed by atoms with van der Waals surface area (Å²) in [4.78, 5) is 2.37. The van der Waals surface area contributed by atoms with Gasteiger partial charge in [0.25, 0.3) is 0 Å². The minimum Gasteiger partial charge on any atom is -0.304 e. The quantitative estimate of drug-likeness (QED) is 0.0502. The van der Waals surface area contributed by atoms with Crippen LogP contribution in [-0.2, 0) is 6.42 Å². The lowest BCUT2D eigenvalue weighted by atomic mass is 9.73. The summed E-state index contributed by atoms with van der Waals surface area (Å²) in [5.74, 6) is 0. The largest absolute Gasteiger partial charge is 0.304 e. The van der Waals surface area contributed by atoms with E-state index in [0.717, 1.165) is 32.1 Å². The molecule has 0 aromatic carbocycles. The normalized spacial score (nSPS) is 14.5. The van der Waals surface area contributed by atoms with Crippen LogP contribution >= 0.6 is 0 Å². The zero-order valence-electron chi connectivity index (χ0n) is 37.6. The van der Waals surface area contributed by atoms with Gasteiger partial charge in [-0.05, 0) is 123 Å². The first-order valence-electron chi connectivity index (χ1n) is 23.4. The van der Waals surface area contributed by atoms with Crippen molar-refractivity contribution in [3.63, 3.8) is 0 Å². The molecule has 312 valence electrons. The Labute approximate surface area is 338 Å². The summed E-state index contributed by atoms with van der Waals surface area (Å²) in [6, 6.07) is 0.481. The number of allylic oxidation sites excluding steroid dienone is 8. The topological polar surface area (TPSA) is 34.0 Å². The van der Waals surface area contributed by atoms with Crippen LogP contribution in [-0.4, -0.2) is 39.5 Å². The molecule has 0 N–H and O–H groups in total. The highest BCUT2D eigenvalue weighted by atomic mass is 15.4. The van der Waals surface area contributed by atoms with Crippen LogP contribution in [0.1, 0.15) is 233 Å². The van der Waals surface area contributed by atoms with Crippen LogP contribution in [0.15, 0.2) is 54.8 Å². The van der Waals surface area contributed by atoms with Gasteiger partial charge in [-0.2, -0.15) is 0 Å². The van der Waals surface area contributed by atoms with Gasteiger partial charge in [-0.3, -0.25) is 0 Å². The molecular formula is C50H92N4. The molecule has 0 saturated heterocycles. The monoisotopic (exact) mass is 749 g/mol. The highest BCUT2D eigenvalue weighted by Crippen LogP contribution is 2.37. The van der Waals surface area contributed by atoms with E-state index < -0.39 is 0 Å². The van der Waals surface area contributed by atoms with E-state index >= 15 is 0 Å². The highest BCUT2D eigenvalue weighted by Gasteiger charge is 2.33. The first-order chi connectivity index (χ1) is 26.2. The molecule has 54 heavy (non-hydrogen) atoms. The lowest BCUT2D eigenvalue weighted by molar-refractivity contribution is 0.107.